The predicted molar refractivity (Wildman–Crippen MR) is 103 cm³/mol. The molecule has 0 radical (unpaired) electrons. The molecule has 1 saturated heterocycles. The van der Waals surface area contributed by atoms with E-state index in [2.05, 4.69) is 10.2 Å². The molecule has 3 rings (SSSR count). The molecule has 2 aromatic rings. The normalized spacial score (nSPS) is 14.0. The van der Waals surface area contributed by atoms with Crippen molar-refractivity contribution in [2.75, 3.05) is 30.4 Å². The van der Waals surface area contributed by atoms with Crippen molar-refractivity contribution in [3.63, 3.8) is 0 Å². The Morgan fingerprint density at radius 1 is 1.12 bits per heavy atom. The molecule has 26 heavy (non-hydrogen) atoms. The van der Waals surface area contributed by atoms with Crippen molar-refractivity contribution in [3.05, 3.63) is 59.7 Å². The van der Waals surface area contributed by atoms with E-state index in [1.807, 2.05) is 30.3 Å². The molecule has 1 fully saturated rings. The molecular formula is C21H21N3O2. The first kappa shape index (κ1) is 17.6. The second-order valence-corrected chi connectivity index (χ2v) is 6.14. The van der Waals surface area contributed by atoms with E-state index in [0.29, 0.717) is 11.4 Å². The topological polar surface area (TPSA) is 65.4 Å². The highest BCUT2D eigenvalue weighted by Gasteiger charge is 2.12. The fourth-order valence-corrected chi connectivity index (χ4v) is 2.94. The lowest BCUT2D eigenvalue weighted by atomic mass is 10.1. The van der Waals surface area contributed by atoms with E-state index in [4.69, 9.17) is 4.74 Å². The number of methoxy groups -OCH3 is 1. The standard InChI is InChI=1S/C21H21N3O2/c1-26-20-10-6-18(7-11-20)23-21(25)17(15-22)14-16-4-8-19(9-5-16)24-12-2-3-13-24/h4-11,14H,2-3,12-13H2,1H3,(H,23,25)/b17-14-. The molecule has 1 heterocycles. The largest absolute Gasteiger partial charge is 0.497 e. The van der Waals surface area contributed by atoms with Crippen LogP contribution in [0, 0.1) is 11.3 Å². The van der Waals surface area contributed by atoms with Crippen LogP contribution in [-0.4, -0.2) is 26.1 Å². The number of carbonyl (C=O) groups is 1. The molecule has 1 amide bonds. The lowest BCUT2D eigenvalue weighted by molar-refractivity contribution is -0.112. The zero-order chi connectivity index (χ0) is 18.4. The Balaban J connectivity index is 1.70. The summed E-state index contributed by atoms with van der Waals surface area (Å²) in [4.78, 5) is 14.7. The van der Waals surface area contributed by atoms with Gasteiger partial charge in [0.15, 0.2) is 0 Å². The second-order valence-electron chi connectivity index (χ2n) is 6.14. The van der Waals surface area contributed by atoms with Gasteiger partial charge in [0.25, 0.3) is 5.91 Å². The molecule has 0 atom stereocenters. The van der Waals surface area contributed by atoms with Crippen LogP contribution in [0.4, 0.5) is 11.4 Å². The number of nitriles is 1. The zero-order valence-electron chi connectivity index (χ0n) is 14.7. The van der Waals surface area contributed by atoms with Crippen LogP contribution < -0.4 is 15.0 Å². The molecule has 0 spiro atoms. The maximum Gasteiger partial charge on any atom is 0.266 e. The van der Waals surface area contributed by atoms with Gasteiger partial charge in [-0.05, 0) is 60.9 Å². The third kappa shape index (κ3) is 4.22. The number of benzene rings is 2. The van der Waals surface area contributed by atoms with E-state index in [1.54, 1.807) is 37.5 Å². The van der Waals surface area contributed by atoms with E-state index in [9.17, 15) is 10.1 Å². The summed E-state index contributed by atoms with van der Waals surface area (Å²) in [6.07, 6.45) is 4.06. The number of nitrogens with zero attached hydrogens (tertiary/aromatic N) is 2. The van der Waals surface area contributed by atoms with Crippen LogP contribution >= 0.6 is 0 Å². The number of nitrogens with one attached hydrogen (secondary N) is 1. The SMILES string of the molecule is COc1ccc(NC(=O)/C(C#N)=C\c2ccc(N3CCCC3)cc2)cc1. The molecule has 1 aliphatic rings. The molecule has 2 aromatic carbocycles. The van der Waals surface area contributed by atoms with Crippen molar-refractivity contribution >= 4 is 23.4 Å². The Morgan fingerprint density at radius 2 is 1.77 bits per heavy atom. The van der Waals surface area contributed by atoms with Gasteiger partial charge in [0.1, 0.15) is 17.4 Å². The molecule has 0 unspecified atom stereocenters. The van der Waals surface area contributed by atoms with Crippen molar-refractivity contribution in [1.29, 1.82) is 5.26 Å². The van der Waals surface area contributed by atoms with Gasteiger partial charge in [-0.15, -0.1) is 0 Å². The minimum Gasteiger partial charge on any atom is -0.497 e. The van der Waals surface area contributed by atoms with Gasteiger partial charge in [0, 0.05) is 24.5 Å². The van der Waals surface area contributed by atoms with Crippen LogP contribution in [0.1, 0.15) is 18.4 Å². The van der Waals surface area contributed by atoms with Crippen LogP contribution in [0.5, 0.6) is 5.75 Å². The minimum absolute atomic E-state index is 0.0646. The van der Waals surface area contributed by atoms with Gasteiger partial charge >= 0.3 is 0 Å². The summed E-state index contributed by atoms with van der Waals surface area (Å²) < 4.78 is 5.09. The highest BCUT2D eigenvalue weighted by molar-refractivity contribution is 6.09. The number of carbonyl (C=O) groups excluding carboxylic acids is 1. The Kier molecular flexibility index (Phi) is 5.55. The number of rotatable bonds is 5. The van der Waals surface area contributed by atoms with Gasteiger partial charge in [0.05, 0.1) is 7.11 Å². The molecule has 1 N–H and O–H groups in total. The van der Waals surface area contributed by atoms with Crippen molar-refractivity contribution in [1.82, 2.24) is 0 Å². The van der Waals surface area contributed by atoms with E-state index in [1.165, 1.54) is 18.5 Å². The van der Waals surface area contributed by atoms with Gasteiger partial charge in [0.2, 0.25) is 0 Å². The Hall–Kier alpha value is -3.26. The van der Waals surface area contributed by atoms with Gasteiger partial charge in [-0.25, -0.2) is 0 Å². The molecule has 0 aliphatic carbocycles. The summed E-state index contributed by atoms with van der Waals surface area (Å²) in [5.74, 6) is 0.276. The number of anilines is 2. The highest BCUT2D eigenvalue weighted by Crippen LogP contribution is 2.21. The van der Waals surface area contributed by atoms with Crippen molar-refractivity contribution in [2.24, 2.45) is 0 Å². The van der Waals surface area contributed by atoms with Gasteiger partial charge in [-0.1, -0.05) is 12.1 Å². The predicted octanol–water partition coefficient (Wildman–Crippen LogP) is 3.84. The van der Waals surface area contributed by atoms with Crippen LogP contribution in [0.25, 0.3) is 6.08 Å². The van der Waals surface area contributed by atoms with Crippen molar-refractivity contribution < 1.29 is 9.53 Å². The second kappa shape index (κ2) is 8.21. The van der Waals surface area contributed by atoms with Crippen LogP contribution in [0.3, 0.4) is 0 Å². The highest BCUT2D eigenvalue weighted by atomic mass is 16.5. The summed E-state index contributed by atoms with van der Waals surface area (Å²) in [5.41, 5.74) is 2.69. The van der Waals surface area contributed by atoms with E-state index >= 15 is 0 Å². The van der Waals surface area contributed by atoms with Gasteiger partial charge < -0.3 is 15.0 Å². The summed E-state index contributed by atoms with van der Waals surface area (Å²) >= 11 is 0. The Morgan fingerprint density at radius 3 is 2.35 bits per heavy atom. The summed E-state index contributed by atoms with van der Waals surface area (Å²) in [7, 11) is 1.58. The first-order valence-electron chi connectivity index (χ1n) is 8.62. The monoisotopic (exact) mass is 347 g/mol. The average Bonchev–Trinajstić information content (AvgIpc) is 3.22. The molecule has 0 bridgehead atoms. The lowest BCUT2D eigenvalue weighted by Gasteiger charge is -2.17. The molecular weight excluding hydrogens is 326 g/mol. The number of hydrogen-bond acceptors (Lipinski definition) is 4. The smallest absolute Gasteiger partial charge is 0.266 e. The maximum atomic E-state index is 12.3. The average molecular weight is 347 g/mol. The Labute approximate surface area is 153 Å². The van der Waals surface area contributed by atoms with Gasteiger partial charge in [-0.2, -0.15) is 5.26 Å². The number of ether oxygens (including phenoxy) is 1. The fraction of sp³-hybridized carbons (Fsp3) is 0.238. The van der Waals surface area contributed by atoms with Gasteiger partial charge in [-0.3, -0.25) is 4.79 Å². The van der Waals surface area contributed by atoms with E-state index in [-0.39, 0.29) is 5.57 Å². The zero-order valence-corrected chi connectivity index (χ0v) is 14.7. The maximum absolute atomic E-state index is 12.3. The van der Waals surface area contributed by atoms with Crippen LogP contribution in [0.2, 0.25) is 0 Å². The third-order valence-corrected chi connectivity index (χ3v) is 4.39. The lowest BCUT2D eigenvalue weighted by Crippen LogP contribution is -2.17. The van der Waals surface area contributed by atoms with Crippen molar-refractivity contribution in [3.8, 4) is 11.8 Å². The Bertz CT molecular complexity index is 827. The summed E-state index contributed by atoms with van der Waals surface area (Å²) in [6.45, 7) is 2.17. The quantitative estimate of drug-likeness (QED) is 0.659. The first-order chi connectivity index (χ1) is 12.7. The van der Waals surface area contributed by atoms with Crippen molar-refractivity contribution in [2.45, 2.75) is 12.8 Å². The number of hydrogen-bond donors (Lipinski definition) is 1. The van der Waals surface area contributed by atoms with Crippen LogP contribution in [0.15, 0.2) is 54.1 Å². The molecule has 5 nitrogen and oxygen atoms in total. The molecule has 1 aliphatic heterocycles. The van der Waals surface area contributed by atoms with Crippen LogP contribution in [-0.2, 0) is 4.79 Å². The summed E-state index contributed by atoms with van der Waals surface area (Å²) in [6, 6.07) is 16.9. The molecule has 0 saturated carbocycles. The number of amides is 1. The molecule has 0 aromatic heterocycles. The third-order valence-electron chi connectivity index (χ3n) is 4.39. The summed E-state index contributed by atoms with van der Waals surface area (Å²) in [5, 5.41) is 12.1. The van der Waals surface area contributed by atoms with E-state index in [0.717, 1.165) is 18.7 Å². The van der Waals surface area contributed by atoms with E-state index < -0.39 is 5.91 Å². The minimum atomic E-state index is -0.429. The first-order valence-corrected chi connectivity index (χ1v) is 8.62. The molecule has 5 heteroatoms. The molecule has 132 valence electrons. The fourth-order valence-electron chi connectivity index (χ4n) is 2.94.